The maximum absolute atomic E-state index is 13.8. The van der Waals surface area contributed by atoms with E-state index in [-0.39, 0.29) is 55.6 Å². The summed E-state index contributed by atoms with van der Waals surface area (Å²) >= 11 is 0. The number of nitrogens with one attached hydrogen (secondary N) is 2. The summed E-state index contributed by atoms with van der Waals surface area (Å²) in [5.41, 5.74) is 5.90. The van der Waals surface area contributed by atoms with Gasteiger partial charge in [0.15, 0.2) is 0 Å². The maximum atomic E-state index is 13.8. The lowest BCUT2D eigenvalue weighted by molar-refractivity contribution is -0.142. The number of amides is 4. The van der Waals surface area contributed by atoms with Gasteiger partial charge >= 0.3 is 0 Å². The highest BCUT2D eigenvalue weighted by Gasteiger charge is 2.24. The Hall–Kier alpha value is -3.05. The van der Waals surface area contributed by atoms with Gasteiger partial charge in [0, 0.05) is 19.6 Å². The summed E-state index contributed by atoms with van der Waals surface area (Å²) in [5.74, 6) is -1.44. The van der Waals surface area contributed by atoms with Gasteiger partial charge in [-0.3, -0.25) is 24.5 Å². The standard InChI is InChI=1S/C24H37FN6O4/c1-18(2)14-31(23(34)12-27-9-8-19-6-3-4-7-20(19)25)16-24(35)29(15-21(26)32)10-5-11-30-17-28-13-22(30)33/h3-4,6-7,18,27-28H,5,8-17H2,1-2H3,(H2,26,32). The predicted molar refractivity (Wildman–Crippen MR) is 129 cm³/mol. The monoisotopic (exact) mass is 492 g/mol. The van der Waals surface area contributed by atoms with Crippen molar-refractivity contribution in [1.29, 1.82) is 0 Å². The molecule has 1 aliphatic rings. The lowest BCUT2D eigenvalue weighted by atomic mass is 10.1. The van der Waals surface area contributed by atoms with E-state index in [1.807, 2.05) is 13.8 Å². The molecular weight excluding hydrogens is 455 g/mol. The summed E-state index contributed by atoms with van der Waals surface area (Å²) in [5, 5.41) is 5.98. The summed E-state index contributed by atoms with van der Waals surface area (Å²) in [4.78, 5) is 53.5. The van der Waals surface area contributed by atoms with E-state index in [1.54, 1.807) is 23.1 Å². The molecule has 0 atom stereocenters. The lowest BCUT2D eigenvalue weighted by Gasteiger charge is -2.28. The van der Waals surface area contributed by atoms with Crippen molar-refractivity contribution in [1.82, 2.24) is 25.3 Å². The van der Waals surface area contributed by atoms with Gasteiger partial charge in [0.2, 0.25) is 23.6 Å². The second kappa shape index (κ2) is 14.4. The van der Waals surface area contributed by atoms with Gasteiger partial charge in [-0.05, 0) is 36.9 Å². The van der Waals surface area contributed by atoms with Crippen LogP contribution in [0, 0.1) is 11.7 Å². The number of carbonyl (C=O) groups is 4. The van der Waals surface area contributed by atoms with Crippen LogP contribution in [-0.2, 0) is 25.6 Å². The molecule has 4 amide bonds. The van der Waals surface area contributed by atoms with Crippen molar-refractivity contribution in [3.05, 3.63) is 35.6 Å². The molecule has 0 unspecified atom stereocenters. The van der Waals surface area contributed by atoms with Gasteiger partial charge < -0.3 is 25.8 Å². The fourth-order valence-corrected chi connectivity index (χ4v) is 3.82. The molecule has 194 valence electrons. The molecule has 1 saturated heterocycles. The van der Waals surface area contributed by atoms with Crippen molar-refractivity contribution in [3.8, 4) is 0 Å². The number of rotatable bonds is 15. The van der Waals surface area contributed by atoms with Gasteiger partial charge in [-0.2, -0.15) is 0 Å². The molecule has 0 aromatic heterocycles. The zero-order valence-corrected chi connectivity index (χ0v) is 20.6. The Morgan fingerprint density at radius 2 is 1.91 bits per heavy atom. The van der Waals surface area contributed by atoms with E-state index < -0.39 is 5.91 Å². The average molecular weight is 493 g/mol. The SMILES string of the molecule is CC(C)CN(CC(=O)N(CCCN1CNCC1=O)CC(N)=O)C(=O)CNCCc1ccccc1F. The number of nitrogens with zero attached hydrogens (tertiary/aromatic N) is 3. The van der Waals surface area contributed by atoms with E-state index in [4.69, 9.17) is 5.73 Å². The van der Waals surface area contributed by atoms with Gasteiger partial charge in [0.25, 0.3) is 0 Å². The summed E-state index contributed by atoms with van der Waals surface area (Å²) in [6.45, 7) is 5.70. The Balaban J connectivity index is 1.88. The van der Waals surface area contributed by atoms with E-state index in [2.05, 4.69) is 10.6 Å². The molecule has 0 radical (unpaired) electrons. The first-order valence-electron chi connectivity index (χ1n) is 11.9. The second-order valence-corrected chi connectivity index (χ2v) is 9.06. The van der Waals surface area contributed by atoms with E-state index in [9.17, 15) is 23.6 Å². The third-order valence-electron chi connectivity index (χ3n) is 5.56. The van der Waals surface area contributed by atoms with Crippen LogP contribution < -0.4 is 16.4 Å². The van der Waals surface area contributed by atoms with E-state index in [0.717, 1.165) is 0 Å². The van der Waals surface area contributed by atoms with Crippen LogP contribution in [0.4, 0.5) is 4.39 Å². The third-order valence-corrected chi connectivity index (χ3v) is 5.56. The molecule has 35 heavy (non-hydrogen) atoms. The van der Waals surface area contributed by atoms with Crippen molar-refractivity contribution in [3.63, 3.8) is 0 Å². The molecule has 0 spiro atoms. The molecule has 0 bridgehead atoms. The third kappa shape index (κ3) is 9.99. The van der Waals surface area contributed by atoms with Crippen LogP contribution in [-0.4, -0.2) is 97.4 Å². The van der Waals surface area contributed by atoms with Crippen LogP contribution in [0.15, 0.2) is 24.3 Å². The number of hydrogen-bond donors (Lipinski definition) is 3. The number of halogens is 1. The molecule has 1 aromatic rings. The minimum Gasteiger partial charge on any atom is -0.368 e. The molecule has 10 nitrogen and oxygen atoms in total. The fourth-order valence-electron chi connectivity index (χ4n) is 3.82. The number of primary amides is 1. The van der Waals surface area contributed by atoms with Gasteiger partial charge in [0.1, 0.15) is 5.82 Å². The smallest absolute Gasteiger partial charge is 0.242 e. The van der Waals surface area contributed by atoms with Crippen LogP contribution in [0.3, 0.4) is 0 Å². The number of benzene rings is 1. The predicted octanol–water partition coefficient (Wildman–Crippen LogP) is -0.464. The molecule has 1 fully saturated rings. The zero-order chi connectivity index (χ0) is 25.8. The van der Waals surface area contributed by atoms with Crippen molar-refractivity contribution in [2.75, 3.05) is 59.0 Å². The molecule has 1 aliphatic heterocycles. The molecule has 1 aromatic carbocycles. The molecule has 4 N–H and O–H groups in total. The highest BCUT2D eigenvalue weighted by Crippen LogP contribution is 2.07. The minimum absolute atomic E-state index is 0.00557. The molecule has 1 heterocycles. The first-order chi connectivity index (χ1) is 16.7. The van der Waals surface area contributed by atoms with Crippen molar-refractivity contribution in [2.45, 2.75) is 26.7 Å². The lowest BCUT2D eigenvalue weighted by Crippen LogP contribution is -2.49. The largest absolute Gasteiger partial charge is 0.368 e. The highest BCUT2D eigenvalue weighted by molar-refractivity contribution is 5.88. The van der Waals surface area contributed by atoms with Gasteiger partial charge in [-0.25, -0.2) is 4.39 Å². The Kier molecular flexibility index (Phi) is 11.6. The van der Waals surface area contributed by atoms with E-state index in [1.165, 1.54) is 15.9 Å². The summed E-state index contributed by atoms with van der Waals surface area (Å²) in [6.07, 6.45) is 0.923. The number of nitrogens with two attached hydrogens (primary N) is 1. The maximum Gasteiger partial charge on any atom is 0.242 e. The highest BCUT2D eigenvalue weighted by atomic mass is 19.1. The summed E-state index contributed by atoms with van der Waals surface area (Å²) in [6, 6.07) is 6.48. The summed E-state index contributed by atoms with van der Waals surface area (Å²) in [7, 11) is 0. The quantitative estimate of drug-likeness (QED) is 0.284. The van der Waals surface area contributed by atoms with Crippen LogP contribution in [0.5, 0.6) is 0 Å². The fraction of sp³-hybridized carbons (Fsp3) is 0.583. The van der Waals surface area contributed by atoms with Crippen LogP contribution in [0.2, 0.25) is 0 Å². The zero-order valence-electron chi connectivity index (χ0n) is 20.6. The van der Waals surface area contributed by atoms with Gasteiger partial charge in [-0.15, -0.1) is 0 Å². The molecule has 0 saturated carbocycles. The average Bonchev–Trinajstić information content (AvgIpc) is 3.20. The second-order valence-electron chi connectivity index (χ2n) is 9.06. The normalized spacial score (nSPS) is 13.4. The number of carbonyl (C=O) groups excluding carboxylic acids is 4. The van der Waals surface area contributed by atoms with E-state index >= 15 is 0 Å². The summed E-state index contributed by atoms with van der Waals surface area (Å²) < 4.78 is 13.8. The Morgan fingerprint density at radius 3 is 2.54 bits per heavy atom. The Morgan fingerprint density at radius 1 is 1.17 bits per heavy atom. The number of hydrogen-bond acceptors (Lipinski definition) is 6. The Bertz CT molecular complexity index is 881. The molecule has 2 rings (SSSR count). The topological polar surface area (TPSA) is 128 Å². The molecular formula is C24H37FN6O4. The molecule has 11 heteroatoms. The van der Waals surface area contributed by atoms with Gasteiger partial charge in [-0.1, -0.05) is 32.0 Å². The van der Waals surface area contributed by atoms with Crippen LogP contribution in [0.1, 0.15) is 25.8 Å². The van der Waals surface area contributed by atoms with Crippen molar-refractivity contribution < 1.29 is 23.6 Å². The molecule has 0 aliphatic carbocycles. The Labute approximate surface area is 206 Å². The van der Waals surface area contributed by atoms with Crippen LogP contribution >= 0.6 is 0 Å². The van der Waals surface area contributed by atoms with Gasteiger partial charge in [0.05, 0.1) is 32.8 Å². The minimum atomic E-state index is -0.645. The van der Waals surface area contributed by atoms with Crippen LogP contribution in [0.25, 0.3) is 0 Å². The van der Waals surface area contributed by atoms with Crippen molar-refractivity contribution in [2.24, 2.45) is 11.7 Å². The van der Waals surface area contributed by atoms with Crippen molar-refractivity contribution >= 4 is 23.6 Å². The first-order valence-corrected chi connectivity index (χ1v) is 11.9. The van der Waals surface area contributed by atoms with E-state index in [0.29, 0.717) is 51.3 Å². The first kappa shape index (κ1) is 28.2.